The van der Waals surface area contributed by atoms with Crippen molar-refractivity contribution >= 4 is 5.95 Å². The fourth-order valence-electron chi connectivity index (χ4n) is 2.91. The van der Waals surface area contributed by atoms with Crippen LogP contribution in [0.3, 0.4) is 0 Å². The number of rotatable bonds is 4. The number of nitrogens with zero attached hydrogens (tertiary/aromatic N) is 3. The molecule has 1 aliphatic carbocycles. The molecule has 0 aromatic carbocycles. The van der Waals surface area contributed by atoms with Crippen LogP contribution in [-0.4, -0.2) is 36.7 Å². The number of hydrogen-bond acceptors (Lipinski definition) is 5. The van der Waals surface area contributed by atoms with Crippen LogP contribution in [0.1, 0.15) is 31.4 Å². The second-order valence-corrected chi connectivity index (χ2v) is 5.31. The zero-order chi connectivity index (χ0) is 13.8. The van der Waals surface area contributed by atoms with Gasteiger partial charge in [-0.15, -0.1) is 0 Å². The van der Waals surface area contributed by atoms with Crippen molar-refractivity contribution in [1.82, 2.24) is 9.97 Å². The molecule has 0 saturated heterocycles. The highest BCUT2D eigenvalue weighted by Gasteiger charge is 2.28. The first-order valence-electron chi connectivity index (χ1n) is 6.98. The van der Waals surface area contributed by atoms with Gasteiger partial charge < -0.3 is 15.4 Å². The van der Waals surface area contributed by atoms with E-state index in [9.17, 15) is 0 Å². The Morgan fingerprint density at radius 1 is 1.37 bits per heavy atom. The van der Waals surface area contributed by atoms with Gasteiger partial charge in [0, 0.05) is 24.8 Å². The van der Waals surface area contributed by atoms with E-state index in [4.69, 9.17) is 10.5 Å². The summed E-state index contributed by atoms with van der Waals surface area (Å²) in [4.78, 5) is 11.1. The summed E-state index contributed by atoms with van der Waals surface area (Å²) in [5.41, 5.74) is 6.83. The van der Waals surface area contributed by atoms with Gasteiger partial charge in [-0.3, -0.25) is 0 Å². The molecule has 2 atom stereocenters. The third kappa shape index (κ3) is 3.15. The van der Waals surface area contributed by atoms with Crippen LogP contribution in [0.15, 0.2) is 6.07 Å². The molecule has 19 heavy (non-hydrogen) atoms. The molecular weight excluding hydrogens is 240 g/mol. The van der Waals surface area contributed by atoms with Gasteiger partial charge in [0.15, 0.2) is 0 Å². The van der Waals surface area contributed by atoms with E-state index in [0.29, 0.717) is 17.8 Å². The normalized spacial score (nSPS) is 23.2. The van der Waals surface area contributed by atoms with Crippen molar-refractivity contribution < 1.29 is 4.74 Å². The Morgan fingerprint density at radius 3 is 2.79 bits per heavy atom. The molecule has 1 aliphatic rings. The summed E-state index contributed by atoms with van der Waals surface area (Å²) >= 11 is 0. The van der Waals surface area contributed by atoms with Gasteiger partial charge in [-0.25, -0.2) is 4.98 Å². The van der Waals surface area contributed by atoms with Gasteiger partial charge in [-0.2, -0.15) is 4.98 Å². The molecule has 106 valence electrons. The van der Waals surface area contributed by atoms with Crippen LogP contribution in [0.2, 0.25) is 0 Å². The Labute approximate surface area is 115 Å². The van der Waals surface area contributed by atoms with Gasteiger partial charge in [0.1, 0.15) is 0 Å². The summed E-state index contributed by atoms with van der Waals surface area (Å²) in [5, 5.41) is 0. The number of methoxy groups -OCH3 is 1. The molecule has 1 aromatic heterocycles. The topological polar surface area (TPSA) is 64.3 Å². The van der Waals surface area contributed by atoms with Gasteiger partial charge in [-0.1, -0.05) is 12.8 Å². The molecule has 5 nitrogen and oxygen atoms in total. The van der Waals surface area contributed by atoms with Gasteiger partial charge in [-0.05, 0) is 32.2 Å². The Kier molecular flexibility index (Phi) is 4.58. The third-order valence-corrected chi connectivity index (χ3v) is 4.01. The van der Waals surface area contributed by atoms with E-state index in [2.05, 4.69) is 21.9 Å². The van der Waals surface area contributed by atoms with Crippen molar-refractivity contribution in [2.24, 2.45) is 11.7 Å². The van der Waals surface area contributed by atoms with Crippen LogP contribution in [0.25, 0.3) is 0 Å². The number of hydrogen-bond donors (Lipinski definition) is 1. The number of ether oxygens (including phenoxy) is 1. The molecule has 2 N–H and O–H groups in total. The van der Waals surface area contributed by atoms with Gasteiger partial charge in [0.2, 0.25) is 11.8 Å². The van der Waals surface area contributed by atoms with Crippen LogP contribution >= 0.6 is 0 Å². The molecular formula is C14H24N4O. The lowest BCUT2D eigenvalue weighted by atomic mass is 9.84. The first kappa shape index (κ1) is 14.1. The maximum Gasteiger partial charge on any atom is 0.228 e. The minimum absolute atomic E-state index is 0.435. The second-order valence-electron chi connectivity index (χ2n) is 5.31. The van der Waals surface area contributed by atoms with Crippen molar-refractivity contribution in [3.05, 3.63) is 11.8 Å². The van der Waals surface area contributed by atoms with Crippen molar-refractivity contribution in [1.29, 1.82) is 0 Å². The zero-order valence-electron chi connectivity index (χ0n) is 12.1. The molecule has 1 aromatic rings. The van der Waals surface area contributed by atoms with Crippen LogP contribution in [0.5, 0.6) is 5.88 Å². The fraction of sp³-hybridized carbons (Fsp3) is 0.714. The smallest absolute Gasteiger partial charge is 0.228 e. The predicted octanol–water partition coefficient (Wildman–Crippen LogP) is 1.75. The number of aromatic nitrogens is 2. The molecule has 5 heteroatoms. The number of nitrogens with two attached hydrogens (primary N) is 1. The average molecular weight is 264 g/mol. The molecule has 0 spiro atoms. The van der Waals surface area contributed by atoms with E-state index in [-0.39, 0.29) is 0 Å². The predicted molar refractivity (Wildman–Crippen MR) is 76.5 cm³/mol. The average Bonchev–Trinajstić information content (AvgIpc) is 2.45. The Morgan fingerprint density at radius 2 is 2.11 bits per heavy atom. The summed E-state index contributed by atoms with van der Waals surface area (Å²) in [6, 6.07) is 2.28. The van der Waals surface area contributed by atoms with E-state index >= 15 is 0 Å². The Hall–Kier alpha value is -1.36. The maximum absolute atomic E-state index is 5.90. The largest absolute Gasteiger partial charge is 0.481 e. The molecule has 0 bridgehead atoms. The van der Waals surface area contributed by atoms with E-state index < -0.39 is 0 Å². The minimum Gasteiger partial charge on any atom is -0.481 e. The minimum atomic E-state index is 0.435. The highest BCUT2D eigenvalue weighted by Crippen LogP contribution is 2.29. The highest BCUT2D eigenvalue weighted by atomic mass is 16.5. The van der Waals surface area contributed by atoms with Gasteiger partial charge in [0.25, 0.3) is 0 Å². The van der Waals surface area contributed by atoms with Crippen molar-refractivity contribution in [2.75, 3.05) is 25.6 Å². The lowest BCUT2D eigenvalue weighted by Gasteiger charge is -2.37. The Balaban J connectivity index is 2.22. The Bertz CT molecular complexity index is 424. The van der Waals surface area contributed by atoms with Crippen molar-refractivity contribution in [2.45, 2.75) is 38.6 Å². The fourth-order valence-corrected chi connectivity index (χ4v) is 2.91. The molecule has 1 heterocycles. The molecule has 1 fully saturated rings. The summed E-state index contributed by atoms with van der Waals surface area (Å²) in [6.45, 7) is 2.70. The first-order valence-corrected chi connectivity index (χ1v) is 6.98. The quantitative estimate of drug-likeness (QED) is 0.897. The van der Waals surface area contributed by atoms with E-state index in [1.807, 2.05) is 13.0 Å². The van der Waals surface area contributed by atoms with Gasteiger partial charge >= 0.3 is 0 Å². The summed E-state index contributed by atoms with van der Waals surface area (Å²) < 4.78 is 5.22. The first-order chi connectivity index (χ1) is 9.15. The van der Waals surface area contributed by atoms with E-state index in [1.54, 1.807) is 7.11 Å². The summed E-state index contributed by atoms with van der Waals surface area (Å²) in [5.74, 6) is 1.89. The second kappa shape index (κ2) is 6.19. The third-order valence-electron chi connectivity index (χ3n) is 4.01. The molecule has 0 radical (unpaired) electrons. The van der Waals surface area contributed by atoms with Crippen LogP contribution in [-0.2, 0) is 0 Å². The van der Waals surface area contributed by atoms with Crippen molar-refractivity contribution in [3.8, 4) is 5.88 Å². The molecule has 2 rings (SSSR count). The maximum atomic E-state index is 5.90. The SMILES string of the molecule is COc1cc(C)nc(N(C)C2CCCCC2CN)n1. The zero-order valence-corrected chi connectivity index (χ0v) is 12.1. The lowest BCUT2D eigenvalue weighted by Crippen LogP contribution is -2.44. The van der Waals surface area contributed by atoms with Crippen LogP contribution < -0.4 is 15.4 Å². The standard InChI is InChI=1S/C14H24N4O/c1-10-8-13(19-3)17-14(16-10)18(2)12-7-5-4-6-11(12)9-15/h8,11-12H,4-7,9,15H2,1-3H3. The van der Waals surface area contributed by atoms with E-state index in [1.165, 1.54) is 19.3 Å². The van der Waals surface area contributed by atoms with Crippen molar-refractivity contribution in [3.63, 3.8) is 0 Å². The van der Waals surface area contributed by atoms with Gasteiger partial charge in [0.05, 0.1) is 7.11 Å². The molecule has 2 unspecified atom stereocenters. The highest BCUT2D eigenvalue weighted by molar-refractivity contribution is 5.35. The number of aryl methyl sites for hydroxylation is 1. The summed E-state index contributed by atoms with van der Waals surface area (Å²) in [6.07, 6.45) is 4.91. The van der Waals surface area contributed by atoms with E-state index in [0.717, 1.165) is 24.6 Å². The number of anilines is 1. The molecule has 1 saturated carbocycles. The lowest BCUT2D eigenvalue weighted by molar-refractivity contribution is 0.303. The monoisotopic (exact) mass is 264 g/mol. The summed E-state index contributed by atoms with van der Waals surface area (Å²) in [7, 11) is 3.70. The molecule has 0 amide bonds. The van der Waals surface area contributed by atoms with Crippen LogP contribution in [0, 0.1) is 12.8 Å². The molecule has 0 aliphatic heterocycles. The van der Waals surface area contributed by atoms with Crippen LogP contribution in [0.4, 0.5) is 5.95 Å².